The van der Waals surface area contributed by atoms with E-state index in [4.69, 9.17) is 18.9 Å². The van der Waals surface area contributed by atoms with Crippen molar-refractivity contribution in [3.63, 3.8) is 0 Å². The molecule has 0 saturated carbocycles. The van der Waals surface area contributed by atoms with Crippen molar-refractivity contribution in [2.75, 3.05) is 6.61 Å². The lowest BCUT2D eigenvalue weighted by atomic mass is 10.0. The summed E-state index contributed by atoms with van der Waals surface area (Å²) in [6, 6.07) is 24.8. The average molecular weight is 476 g/mol. The van der Waals surface area contributed by atoms with Crippen LogP contribution in [-0.4, -0.2) is 54.2 Å². The summed E-state index contributed by atoms with van der Waals surface area (Å²) in [6.45, 7) is -0.419. The third kappa shape index (κ3) is 6.11. The molecule has 1 heterocycles. The maximum absolute atomic E-state index is 12.9. The molecule has 0 amide bonds. The number of hydrogen-bond acceptors (Lipinski definition) is 8. The van der Waals surface area contributed by atoms with Gasteiger partial charge in [0.2, 0.25) is 12.4 Å². The number of esters is 3. The molecule has 0 radical (unpaired) electrons. The molecular formula is C27H24O8. The van der Waals surface area contributed by atoms with E-state index in [-0.39, 0.29) is 17.5 Å². The van der Waals surface area contributed by atoms with Crippen molar-refractivity contribution in [2.45, 2.75) is 31.0 Å². The van der Waals surface area contributed by atoms with Gasteiger partial charge in [0.25, 0.3) is 0 Å². The van der Waals surface area contributed by atoms with Gasteiger partial charge in [-0.25, -0.2) is 14.4 Å². The lowest BCUT2D eigenvalue weighted by Crippen LogP contribution is -2.54. The summed E-state index contributed by atoms with van der Waals surface area (Å²) < 4.78 is 22.6. The van der Waals surface area contributed by atoms with Crippen LogP contribution in [0.15, 0.2) is 91.0 Å². The Balaban J connectivity index is 1.61. The fourth-order valence-corrected chi connectivity index (χ4v) is 3.64. The molecule has 0 unspecified atom stereocenters. The molecule has 180 valence electrons. The molecule has 35 heavy (non-hydrogen) atoms. The van der Waals surface area contributed by atoms with Gasteiger partial charge in [0.1, 0.15) is 6.10 Å². The molecule has 0 aliphatic carbocycles. The van der Waals surface area contributed by atoms with E-state index in [1.165, 1.54) is 0 Å². The fraction of sp³-hybridized carbons (Fsp3) is 0.222. The Morgan fingerprint density at radius 2 is 1.11 bits per heavy atom. The van der Waals surface area contributed by atoms with E-state index in [0.717, 1.165) is 0 Å². The number of aliphatic hydroxyl groups excluding tert-OH is 1. The minimum Gasteiger partial charge on any atom is -0.454 e. The van der Waals surface area contributed by atoms with Gasteiger partial charge in [0.05, 0.1) is 29.4 Å². The zero-order valence-corrected chi connectivity index (χ0v) is 18.7. The molecule has 0 spiro atoms. The Bertz CT molecular complexity index is 1070. The summed E-state index contributed by atoms with van der Waals surface area (Å²) in [7, 11) is 0. The molecule has 4 atom stereocenters. The summed E-state index contributed by atoms with van der Waals surface area (Å²) in [5.74, 6) is -2.07. The maximum Gasteiger partial charge on any atom is 0.340 e. The van der Waals surface area contributed by atoms with Crippen molar-refractivity contribution >= 4 is 17.9 Å². The Labute approximate surface area is 202 Å². The minimum atomic E-state index is -1.42. The first-order chi connectivity index (χ1) is 17.0. The van der Waals surface area contributed by atoms with Crippen LogP contribution in [0.2, 0.25) is 0 Å². The van der Waals surface area contributed by atoms with Gasteiger partial charge in [0.15, 0.2) is 0 Å². The van der Waals surface area contributed by atoms with E-state index in [0.29, 0.717) is 5.56 Å². The lowest BCUT2D eigenvalue weighted by Gasteiger charge is -2.39. The van der Waals surface area contributed by atoms with Crippen molar-refractivity contribution in [1.82, 2.24) is 0 Å². The second-order valence-electron chi connectivity index (χ2n) is 7.86. The van der Waals surface area contributed by atoms with E-state index in [1.807, 2.05) is 0 Å². The number of hydrogen-bond donors (Lipinski definition) is 1. The first-order valence-electron chi connectivity index (χ1n) is 11.1. The van der Waals surface area contributed by atoms with Gasteiger partial charge in [-0.05, 0) is 36.4 Å². The molecule has 1 aliphatic rings. The van der Waals surface area contributed by atoms with Crippen molar-refractivity contribution in [3.8, 4) is 0 Å². The Hall–Kier alpha value is -4.01. The largest absolute Gasteiger partial charge is 0.454 e. The molecule has 0 bridgehead atoms. The number of aliphatic hydroxyl groups is 1. The van der Waals surface area contributed by atoms with Crippen LogP contribution in [0.5, 0.6) is 0 Å². The number of rotatable bonds is 7. The van der Waals surface area contributed by atoms with E-state index >= 15 is 0 Å². The molecular weight excluding hydrogens is 452 g/mol. The Morgan fingerprint density at radius 3 is 1.57 bits per heavy atom. The first-order valence-corrected chi connectivity index (χ1v) is 11.1. The minimum absolute atomic E-state index is 0.0290. The second-order valence-corrected chi connectivity index (χ2v) is 7.86. The molecule has 8 heteroatoms. The quantitative estimate of drug-likeness (QED) is 0.408. The highest BCUT2D eigenvalue weighted by Crippen LogP contribution is 2.28. The van der Waals surface area contributed by atoms with Crippen molar-refractivity contribution < 1.29 is 38.4 Å². The number of benzene rings is 3. The van der Waals surface area contributed by atoms with Crippen molar-refractivity contribution in [2.24, 2.45) is 0 Å². The highest BCUT2D eigenvalue weighted by atomic mass is 16.7. The van der Waals surface area contributed by atoms with E-state index < -0.39 is 49.1 Å². The van der Waals surface area contributed by atoms with Crippen LogP contribution in [0.3, 0.4) is 0 Å². The summed E-state index contributed by atoms with van der Waals surface area (Å²) >= 11 is 0. The van der Waals surface area contributed by atoms with Gasteiger partial charge in [-0.2, -0.15) is 0 Å². The van der Waals surface area contributed by atoms with Crippen LogP contribution in [-0.2, 0) is 18.9 Å². The van der Waals surface area contributed by atoms with E-state index in [2.05, 4.69) is 0 Å². The summed E-state index contributed by atoms with van der Waals surface area (Å²) in [5.41, 5.74) is 0.816. The molecule has 1 aliphatic heterocycles. The predicted molar refractivity (Wildman–Crippen MR) is 124 cm³/mol. The van der Waals surface area contributed by atoms with Gasteiger partial charge in [-0.1, -0.05) is 54.6 Å². The highest BCUT2D eigenvalue weighted by Gasteiger charge is 2.46. The topological polar surface area (TPSA) is 108 Å². The van der Waals surface area contributed by atoms with E-state index in [9.17, 15) is 19.5 Å². The first kappa shape index (κ1) is 24.1. The summed E-state index contributed by atoms with van der Waals surface area (Å²) in [4.78, 5) is 38.4. The highest BCUT2D eigenvalue weighted by molar-refractivity contribution is 5.91. The second kappa shape index (κ2) is 11.4. The van der Waals surface area contributed by atoms with Crippen LogP contribution >= 0.6 is 0 Å². The molecule has 3 aromatic rings. The third-order valence-corrected chi connectivity index (χ3v) is 5.41. The SMILES string of the molecule is O=C(O[C@H]1O[C@H](CO)C[C@H](OC(=O)c2ccccc2)[C@H]1OC(=O)c1ccccc1)c1ccccc1. The molecule has 1 fully saturated rings. The van der Waals surface area contributed by atoms with Gasteiger partial charge >= 0.3 is 17.9 Å². The Morgan fingerprint density at radius 1 is 0.686 bits per heavy atom. The summed E-state index contributed by atoms with van der Waals surface area (Å²) in [5, 5.41) is 9.76. The van der Waals surface area contributed by atoms with Crippen molar-refractivity contribution in [3.05, 3.63) is 108 Å². The van der Waals surface area contributed by atoms with E-state index in [1.54, 1.807) is 91.0 Å². The molecule has 1 saturated heterocycles. The fourth-order valence-electron chi connectivity index (χ4n) is 3.64. The standard InChI is InChI=1S/C27H24O8/c28-17-21-16-22(33-24(29)18-10-4-1-5-11-18)23(34-25(30)19-12-6-2-7-13-19)27(32-21)35-26(31)20-14-8-3-9-15-20/h1-15,21-23,27-28H,16-17H2/t21-,22-,23+,27+/m0/s1. The van der Waals surface area contributed by atoms with Crippen LogP contribution in [0.25, 0.3) is 0 Å². The summed E-state index contributed by atoms with van der Waals surface area (Å²) in [6.07, 6.45) is -4.53. The maximum atomic E-state index is 12.9. The lowest BCUT2D eigenvalue weighted by molar-refractivity contribution is -0.250. The molecule has 3 aromatic carbocycles. The third-order valence-electron chi connectivity index (χ3n) is 5.41. The molecule has 1 N–H and O–H groups in total. The number of carbonyl (C=O) groups excluding carboxylic acids is 3. The average Bonchev–Trinajstić information content (AvgIpc) is 2.91. The smallest absolute Gasteiger partial charge is 0.340 e. The van der Waals surface area contributed by atoms with Crippen molar-refractivity contribution in [1.29, 1.82) is 0 Å². The predicted octanol–water partition coefficient (Wildman–Crippen LogP) is 3.40. The molecule has 4 rings (SSSR count). The van der Waals surface area contributed by atoms with Crippen LogP contribution in [0, 0.1) is 0 Å². The van der Waals surface area contributed by atoms with Crippen LogP contribution in [0.4, 0.5) is 0 Å². The zero-order valence-electron chi connectivity index (χ0n) is 18.7. The van der Waals surface area contributed by atoms with Gasteiger partial charge < -0.3 is 24.1 Å². The van der Waals surface area contributed by atoms with Crippen LogP contribution in [0.1, 0.15) is 37.5 Å². The zero-order chi connectivity index (χ0) is 24.6. The van der Waals surface area contributed by atoms with Crippen LogP contribution < -0.4 is 0 Å². The normalized spacial score (nSPS) is 21.5. The number of carbonyl (C=O) groups is 3. The number of ether oxygens (including phenoxy) is 4. The molecule has 8 nitrogen and oxygen atoms in total. The van der Waals surface area contributed by atoms with Gasteiger partial charge in [-0.15, -0.1) is 0 Å². The molecule has 0 aromatic heterocycles. The Kier molecular flexibility index (Phi) is 7.87. The monoisotopic (exact) mass is 476 g/mol. The van der Waals surface area contributed by atoms with Gasteiger partial charge in [-0.3, -0.25) is 0 Å². The van der Waals surface area contributed by atoms with Gasteiger partial charge in [0, 0.05) is 6.42 Å².